The Hall–Kier alpha value is -1.48. The first-order chi connectivity index (χ1) is 11.4. The number of hydrogen-bond donors (Lipinski definition) is 0. The molecule has 0 aliphatic heterocycles. The van der Waals surface area contributed by atoms with Gasteiger partial charge in [0.25, 0.3) is 0 Å². The normalized spacial score (nSPS) is 34.9. The Morgan fingerprint density at radius 1 is 0.800 bits per heavy atom. The summed E-state index contributed by atoms with van der Waals surface area (Å²) in [5.41, 5.74) is 0. The number of carboxylic acid groups (broad SMARTS) is 1. The number of ether oxygens (including phenoxy) is 1. The lowest BCUT2D eigenvalue weighted by Gasteiger charge is -2.53. The maximum absolute atomic E-state index is 13.7. The first kappa shape index (κ1) is 18.3. The van der Waals surface area contributed by atoms with E-state index in [1.807, 2.05) is 0 Å². The summed E-state index contributed by atoms with van der Waals surface area (Å²) in [7, 11) is 0. The summed E-state index contributed by atoms with van der Waals surface area (Å²) in [5, 5.41) is 10.1. The van der Waals surface area contributed by atoms with Gasteiger partial charge in [-0.25, -0.2) is 4.79 Å². The molecule has 10 heteroatoms. The fraction of sp³-hybridized carbons (Fsp3) is 0.867. The molecular formula is C15H15F6O4-. The van der Waals surface area contributed by atoms with E-state index in [0.29, 0.717) is 37.5 Å². The summed E-state index contributed by atoms with van der Waals surface area (Å²) in [6.45, 7) is 0. The molecule has 0 atom stereocenters. The van der Waals surface area contributed by atoms with E-state index < -0.39 is 35.8 Å². The number of esters is 1. The second-order valence-corrected chi connectivity index (χ2v) is 7.31. The van der Waals surface area contributed by atoms with Crippen LogP contribution in [0, 0.1) is 23.7 Å². The third-order valence-electron chi connectivity index (χ3n) is 5.68. The molecule has 25 heavy (non-hydrogen) atoms. The van der Waals surface area contributed by atoms with Crippen LogP contribution in [0.1, 0.15) is 32.1 Å². The van der Waals surface area contributed by atoms with Crippen LogP contribution in [0.3, 0.4) is 0 Å². The van der Waals surface area contributed by atoms with Gasteiger partial charge < -0.3 is 14.6 Å². The molecule has 0 radical (unpaired) electrons. The smallest absolute Gasteiger partial charge is 0.411 e. The summed E-state index contributed by atoms with van der Waals surface area (Å²) in [6, 6.07) is 0. The number of aliphatic carboxylic acids is 1. The van der Waals surface area contributed by atoms with Crippen molar-refractivity contribution in [3.8, 4) is 0 Å². The molecule has 4 nitrogen and oxygen atoms in total. The lowest BCUT2D eigenvalue weighted by Crippen LogP contribution is -2.65. The first-order valence-electron chi connectivity index (χ1n) is 7.94. The van der Waals surface area contributed by atoms with E-state index in [4.69, 9.17) is 0 Å². The lowest BCUT2D eigenvalue weighted by atomic mass is 9.55. The standard InChI is InChI=1S/C15H16F6O4/c16-13(17,11(22)23)15(20,21)14(18,19)12(24)25-10-8-2-6-1-7(4-8)5-9(10)3-6/h6-10H,1-5H2,(H,22,23)/p-1. The first-order valence-corrected chi connectivity index (χ1v) is 7.94. The highest BCUT2D eigenvalue weighted by Gasteiger charge is 2.76. The Bertz CT molecular complexity index is 563. The summed E-state index contributed by atoms with van der Waals surface area (Å²) in [6.07, 6.45) is 2.42. The van der Waals surface area contributed by atoms with E-state index in [1.165, 1.54) is 0 Å². The van der Waals surface area contributed by atoms with Gasteiger partial charge in [0.15, 0.2) is 0 Å². The van der Waals surface area contributed by atoms with Crippen molar-refractivity contribution in [2.24, 2.45) is 23.7 Å². The molecule has 0 N–H and O–H groups in total. The lowest BCUT2D eigenvalue weighted by molar-refractivity contribution is -0.366. The van der Waals surface area contributed by atoms with Crippen molar-refractivity contribution in [2.45, 2.75) is 56.0 Å². The van der Waals surface area contributed by atoms with E-state index in [0.717, 1.165) is 6.42 Å². The second-order valence-electron chi connectivity index (χ2n) is 7.31. The molecule has 0 spiro atoms. The summed E-state index contributed by atoms with van der Waals surface area (Å²) < 4.78 is 84.5. The number of carboxylic acids is 1. The molecule has 4 saturated carbocycles. The van der Waals surface area contributed by atoms with Crippen LogP contribution < -0.4 is 5.11 Å². The van der Waals surface area contributed by atoms with Crippen LogP contribution in [0.15, 0.2) is 0 Å². The van der Waals surface area contributed by atoms with Crippen molar-refractivity contribution in [3.63, 3.8) is 0 Å². The van der Waals surface area contributed by atoms with Gasteiger partial charge in [-0.1, -0.05) is 0 Å². The van der Waals surface area contributed by atoms with Gasteiger partial charge in [0.1, 0.15) is 12.1 Å². The van der Waals surface area contributed by atoms with Crippen LogP contribution in [-0.2, 0) is 14.3 Å². The number of hydrogen-bond acceptors (Lipinski definition) is 4. The summed E-state index contributed by atoms with van der Waals surface area (Å²) in [5.74, 6) is -25.0. The van der Waals surface area contributed by atoms with E-state index in [1.54, 1.807) is 0 Å². The molecule has 0 aromatic heterocycles. The monoisotopic (exact) mass is 373 g/mol. The fourth-order valence-corrected chi connectivity index (χ4v) is 4.72. The van der Waals surface area contributed by atoms with Gasteiger partial charge in [0, 0.05) is 0 Å². The van der Waals surface area contributed by atoms with E-state index in [9.17, 15) is 41.0 Å². The molecule has 0 heterocycles. The summed E-state index contributed by atoms with van der Waals surface area (Å²) >= 11 is 0. The van der Waals surface area contributed by atoms with Crippen LogP contribution in [0.5, 0.6) is 0 Å². The van der Waals surface area contributed by atoms with Gasteiger partial charge in [0.2, 0.25) is 0 Å². The van der Waals surface area contributed by atoms with Gasteiger partial charge in [-0.3, -0.25) is 0 Å². The number of halogens is 6. The molecular weight excluding hydrogens is 358 g/mol. The molecule has 142 valence electrons. The Morgan fingerprint density at radius 2 is 1.24 bits per heavy atom. The highest BCUT2D eigenvalue weighted by molar-refractivity contribution is 5.83. The van der Waals surface area contributed by atoms with E-state index in [-0.39, 0.29) is 11.8 Å². The molecule has 0 aromatic carbocycles. The zero-order valence-corrected chi connectivity index (χ0v) is 12.8. The number of carbonyl (C=O) groups is 2. The Balaban J connectivity index is 1.77. The highest BCUT2D eigenvalue weighted by atomic mass is 19.3. The van der Waals surface area contributed by atoms with Gasteiger partial charge in [-0.15, -0.1) is 0 Å². The van der Waals surface area contributed by atoms with Crippen molar-refractivity contribution >= 4 is 11.9 Å². The van der Waals surface area contributed by atoms with Gasteiger partial charge >= 0.3 is 23.7 Å². The highest BCUT2D eigenvalue weighted by Crippen LogP contribution is 2.55. The third kappa shape index (κ3) is 2.59. The van der Waals surface area contributed by atoms with Crippen LogP contribution in [0.25, 0.3) is 0 Å². The molecule has 4 rings (SSSR count). The minimum Gasteiger partial charge on any atom is -0.544 e. The fourth-order valence-electron chi connectivity index (χ4n) is 4.72. The third-order valence-corrected chi connectivity index (χ3v) is 5.68. The number of alkyl halides is 6. The molecule has 0 saturated heterocycles. The topological polar surface area (TPSA) is 66.4 Å². The van der Waals surface area contributed by atoms with Crippen molar-refractivity contribution < 1.29 is 45.8 Å². The molecule has 4 aliphatic rings. The zero-order chi connectivity index (χ0) is 18.8. The maximum Gasteiger partial charge on any atom is 0.411 e. The number of carbonyl (C=O) groups excluding carboxylic acids is 2. The Morgan fingerprint density at radius 3 is 1.64 bits per heavy atom. The predicted octanol–water partition coefficient (Wildman–Crippen LogP) is 2.01. The van der Waals surface area contributed by atoms with Gasteiger partial charge in [0.05, 0.1) is 0 Å². The van der Waals surface area contributed by atoms with Crippen molar-refractivity contribution in [1.29, 1.82) is 0 Å². The molecule has 0 unspecified atom stereocenters. The van der Waals surface area contributed by atoms with Crippen LogP contribution in [0.2, 0.25) is 0 Å². The van der Waals surface area contributed by atoms with Crippen molar-refractivity contribution in [2.75, 3.05) is 0 Å². The number of rotatable bonds is 5. The zero-order valence-electron chi connectivity index (χ0n) is 12.8. The van der Waals surface area contributed by atoms with Crippen LogP contribution in [0.4, 0.5) is 26.3 Å². The predicted molar refractivity (Wildman–Crippen MR) is 66.8 cm³/mol. The molecule has 4 aliphatic carbocycles. The summed E-state index contributed by atoms with van der Waals surface area (Å²) in [4.78, 5) is 21.7. The average Bonchev–Trinajstić information content (AvgIpc) is 2.49. The molecule has 0 aromatic rings. The largest absolute Gasteiger partial charge is 0.544 e. The van der Waals surface area contributed by atoms with E-state index in [2.05, 4.69) is 4.74 Å². The second kappa shape index (κ2) is 5.51. The molecule has 4 bridgehead atoms. The molecule has 4 fully saturated rings. The van der Waals surface area contributed by atoms with E-state index >= 15 is 0 Å². The average molecular weight is 373 g/mol. The quantitative estimate of drug-likeness (QED) is 0.546. The Labute approximate surface area is 138 Å². The van der Waals surface area contributed by atoms with Gasteiger partial charge in [-0.2, -0.15) is 26.3 Å². The SMILES string of the molecule is O=C([O-])C(F)(F)C(F)(F)C(F)(F)C(=O)OC1C2CC3CC(C2)CC1C3. The maximum atomic E-state index is 13.7. The van der Waals surface area contributed by atoms with Crippen LogP contribution >= 0.6 is 0 Å². The van der Waals surface area contributed by atoms with Gasteiger partial charge in [-0.05, 0) is 55.8 Å². The Kier molecular flexibility index (Phi) is 4.03. The molecule has 0 amide bonds. The van der Waals surface area contributed by atoms with Crippen LogP contribution in [-0.4, -0.2) is 35.8 Å². The van der Waals surface area contributed by atoms with Crippen molar-refractivity contribution in [1.82, 2.24) is 0 Å². The minimum atomic E-state index is -6.47. The van der Waals surface area contributed by atoms with Crippen molar-refractivity contribution in [3.05, 3.63) is 0 Å². The minimum absolute atomic E-state index is 0.258.